The van der Waals surface area contributed by atoms with Gasteiger partial charge in [-0.15, -0.1) is 0 Å². The fourth-order valence-corrected chi connectivity index (χ4v) is 2.19. The number of aryl methyl sites for hydroxylation is 2. The van der Waals surface area contributed by atoms with Crippen LogP contribution < -0.4 is 10.5 Å². The van der Waals surface area contributed by atoms with Crippen molar-refractivity contribution in [3.05, 3.63) is 35.3 Å². The number of benzene rings is 1. The largest absolute Gasteiger partial charge is 0.493 e. The van der Waals surface area contributed by atoms with Gasteiger partial charge in [-0.1, -0.05) is 6.07 Å². The summed E-state index contributed by atoms with van der Waals surface area (Å²) < 4.78 is 11.0. The average molecular weight is 298 g/mol. The minimum Gasteiger partial charge on any atom is -0.493 e. The van der Waals surface area contributed by atoms with Crippen molar-refractivity contribution in [1.29, 1.82) is 0 Å². The first-order chi connectivity index (χ1) is 10.5. The van der Waals surface area contributed by atoms with Crippen molar-refractivity contribution in [1.82, 2.24) is 15.0 Å². The summed E-state index contributed by atoms with van der Waals surface area (Å²) in [6.45, 7) is 3.62. The van der Waals surface area contributed by atoms with E-state index in [2.05, 4.69) is 15.0 Å². The molecule has 0 aliphatic heterocycles. The Morgan fingerprint density at radius 2 is 2.05 bits per heavy atom. The maximum absolute atomic E-state index is 11.5. The number of hydrogen-bond acceptors (Lipinski definition) is 6. The van der Waals surface area contributed by atoms with Crippen LogP contribution in [0.1, 0.15) is 21.7 Å². The SMILES string of the molecule is COc1cnc(C)nc1-c1nc2c(C(N)=O)ccc(C)c2o1. The number of oxazole rings is 1. The van der Waals surface area contributed by atoms with Gasteiger partial charge in [0.1, 0.15) is 11.3 Å². The predicted molar refractivity (Wildman–Crippen MR) is 79.6 cm³/mol. The monoisotopic (exact) mass is 298 g/mol. The highest BCUT2D eigenvalue weighted by Gasteiger charge is 2.20. The van der Waals surface area contributed by atoms with Crippen LogP contribution in [-0.2, 0) is 0 Å². The molecule has 0 bridgehead atoms. The van der Waals surface area contributed by atoms with Crippen LogP contribution in [-0.4, -0.2) is 28.0 Å². The van der Waals surface area contributed by atoms with E-state index in [4.69, 9.17) is 14.9 Å². The number of nitrogens with two attached hydrogens (primary N) is 1. The summed E-state index contributed by atoms with van der Waals surface area (Å²) in [6, 6.07) is 3.40. The highest BCUT2D eigenvalue weighted by atomic mass is 16.5. The lowest BCUT2D eigenvalue weighted by atomic mass is 10.1. The van der Waals surface area contributed by atoms with Gasteiger partial charge in [0.05, 0.1) is 18.9 Å². The molecule has 0 spiro atoms. The fraction of sp³-hybridized carbons (Fsp3) is 0.200. The molecule has 0 aliphatic rings. The van der Waals surface area contributed by atoms with Crippen molar-refractivity contribution in [2.45, 2.75) is 13.8 Å². The number of rotatable bonds is 3. The lowest BCUT2D eigenvalue weighted by Gasteiger charge is -2.03. The minimum atomic E-state index is -0.560. The molecule has 0 fully saturated rings. The van der Waals surface area contributed by atoms with E-state index in [0.29, 0.717) is 33.9 Å². The van der Waals surface area contributed by atoms with Crippen molar-refractivity contribution in [2.24, 2.45) is 5.73 Å². The number of nitrogens with zero attached hydrogens (tertiary/aromatic N) is 3. The standard InChI is InChI=1S/C15H14N4O3/c1-7-4-5-9(14(16)20)11-13(7)22-15(19-11)12-10(21-3)6-17-8(2)18-12/h4-6H,1-3H3,(H2,16,20). The first-order valence-electron chi connectivity index (χ1n) is 6.59. The molecule has 2 heterocycles. The zero-order chi connectivity index (χ0) is 15.9. The van der Waals surface area contributed by atoms with Crippen molar-refractivity contribution >= 4 is 17.0 Å². The van der Waals surface area contributed by atoms with Crippen LogP contribution in [0.4, 0.5) is 0 Å². The first-order valence-corrected chi connectivity index (χ1v) is 6.59. The number of amides is 1. The molecular weight excluding hydrogens is 284 g/mol. The summed E-state index contributed by atoms with van der Waals surface area (Å²) in [5.74, 6) is 0.699. The van der Waals surface area contributed by atoms with Gasteiger partial charge < -0.3 is 14.9 Å². The number of carbonyl (C=O) groups excluding carboxylic acids is 1. The van der Waals surface area contributed by atoms with Gasteiger partial charge in [0, 0.05) is 0 Å². The van der Waals surface area contributed by atoms with Crippen LogP contribution in [0, 0.1) is 13.8 Å². The predicted octanol–water partition coefficient (Wildman–Crippen LogP) is 2.01. The molecular formula is C15H14N4O3. The zero-order valence-corrected chi connectivity index (χ0v) is 12.4. The molecule has 1 amide bonds. The Kier molecular flexibility index (Phi) is 3.25. The van der Waals surface area contributed by atoms with Gasteiger partial charge in [0.15, 0.2) is 17.0 Å². The number of carbonyl (C=O) groups is 1. The average Bonchev–Trinajstić information content (AvgIpc) is 2.93. The third-order valence-electron chi connectivity index (χ3n) is 3.30. The summed E-state index contributed by atoms with van der Waals surface area (Å²) in [5, 5.41) is 0. The lowest BCUT2D eigenvalue weighted by molar-refractivity contribution is 0.100. The highest BCUT2D eigenvalue weighted by molar-refractivity contribution is 6.04. The smallest absolute Gasteiger partial charge is 0.251 e. The molecule has 7 nitrogen and oxygen atoms in total. The van der Waals surface area contributed by atoms with E-state index in [1.807, 2.05) is 6.92 Å². The fourth-order valence-electron chi connectivity index (χ4n) is 2.19. The normalized spacial score (nSPS) is 10.9. The van der Waals surface area contributed by atoms with Crippen LogP contribution in [0.3, 0.4) is 0 Å². The van der Waals surface area contributed by atoms with E-state index in [1.165, 1.54) is 7.11 Å². The molecule has 0 saturated carbocycles. The van der Waals surface area contributed by atoms with Gasteiger partial charge in [0.2, 0.25) is 5.89 Å². The molecule has 0 unspecified atom stereocenters. The van der Waals surface area contributed by atoms with Crippen LogP contribution in [0.25, 0.3) is 22.7 Å². The molecule has 3 aromatic rings. The quantitative estimate of drug-likeness (QED) is 0.793. The van der Waals surface area contributed by atoms with Crippen molar-refractivity contribution in [2.75, 3.05) is 7.11 Å². The second-order valence-electron chi connectivity index (χ2n) is 4.83. The number of fused-ring (bicyclic) bond motifs is 1. The van der Waals surface area contributed by atoms with E-state index in [1.54, 1.807) is 25.3 Å². The van der Waals surface area contributed by atoms with E-state index in [9.17, 15) is 4.79 Å². The van der Waals surface area contributed by atoms with Crippen molar-refractivity contribution in [3.63, 3.8) is 0 Å². The Hall–Kier alpha value is -2.96. The summed E-state index contributed by atoms with van der Waals surface area (Å²) in [5.41, 5.74) is 7.90. The van der Waals surface area contributed by atoms with Crippen molar-refractivity contribution in [3.8, 4) is 17.3 Å². The van der Waals surface area contributed by atoms with Crippen LogP contribution in [0.15, 0.2) is 22.7 Å². The van der Waals surface area contributed by atoms with Crippen LogP contribution in [0.2, 0.25) is 0 Å². The second kappa shape index (κ2) is 5.10. The van der Waals surface area contributed by atoms with Gasteiger partial charge in [0.25, 0.3) is 5.91 Å². The topological polar surface area (TPSA) is 104 Å². The maximum Gasteiger partial charge on any atom is 0.251 e. The molecule has 22 heavy (non-hydrogen) atoms. The summed E-state index contributed by atoms with van der Waals surface area (Å²) in [7, 11) is 1.51. The Balaban J connectivity index is 2.30. The van der Waals surface area contributed by atoms with E-state index in [-0.39, 0.29) is 5.89 Å². The molecule has 0 atom stereocenters. The van der Waals surface area contributed by atoms with Gasteiger partial charge in [-0.3, -0.25) is 4.79 Å². The number of ether oxygens (including phenoxy) is 1. The molecule has 2 N–H and O–H groups in total. The highest BCUT2D eigenvalue weighted by Crippen LogP contribution is 2.31. The Bertz CT molecular complexity index is 886. The number of primary amides is 1. The number of methoxy groups -OCH3 is 1. The van der Waals surface area contributed by atoms with E-state index < -0.39 is 5.91 Å². The lowest BCUT2D eigenvalue weighted by Crippen LogP contribution is -2.11. The zero-order valence-electron chi connectivity index (χ0n) is 12.4. The van der Waals surface area contributed by atoms with Gasteiger partial charge >= 0.3 is 0 Å². The van der Waals surface area contributed by atoms with Crippen LogP contribution in [0.5, 0.6) is 5.75 Å². The summed E-state index contributed by atoms with van der Waals surface area (Å²) in [4.78, 5) is 24.3. The maximum atomic E-state index is 11.5. The molecule has 1 aromatic carbocycles. The van der Waals surface area contributed by atoms with Gasteiger partial charge in [-0.05, 0) is 25.5 Å². The minimum absolute atomic E-state index is 0.258. The van der Waals surface area contributed by atoms with E-state index >= 15 is 0 Å². The Labute approximate surface area is 126 Å². The first kappa shape index (κ1) is 14.0. The molecule has 3 rings (SSSR count). The molecule has 0 saturated heterocycles. The summed E-state index contributed by atoms with van der Waals surface area (Å²) >= 11 is 0. The van der Waals surface area contributed by atoms with Crippen molar-refractivity contribution < 1.29 is 13.9 Å². The molecule has 0 aliphatic carbocycles. The molecule has 112 valence electrons. The Morgan fingerprint density at radius 1 is 1.27 bits per heavy atom. The van der Waals surface area contributed by atoms with Crippen LogP contribution >= 0.6 is 0 Å². The molecule has 7 heteroatoms. The van der Waals surface area contributed by atoms with Gasteiger partial charge in [-0.2, -0.15) is 0 Å². The third-order valence-corrected chi connectivity index (χ3v) is 3.30. The summed E-state index contributed by atoms with van der Waals surface area (Å²) in [6.07, 6.45) is 1.55. The third kappa shape index (κ3) is 2.16. The van der Waals surface area contributed by atoms with E-state index in [0.717, 1.165) is 5.56 Å². The molecule has 2 aromatic heterocycles. The van der Waals surface area contributed by atoms with Gasteiger partial charge in [-0.25, -0.2) is 15.0 Å². The Morgan fingerprint density at radius 3 is 2.73 bits per heavy atom. The number of aromatic nitrogens is 3. The molecule has 0 radical (unpaired) electrons. The second-order valence-corrected chi connectivity index (χ2v) is 4.83. The number of hydrogen-bond donors (Lipinski definition) is 1.